The Bertz CT molecular complexity index is 1360. The molecule has 4 N–H and O–H groups in total. The van der Waals surface area contributed by atoms with Gasteiger partial charge in [-0.1, -0.05) is 12.1 Å². The van der Waals surface area contributed by atoms with E-state index in [9.17, 15) is 14.4 Å². The maximum atomic E-state index is 13.2. The number of hydrogen-bond donors (Lipinski definition) is 4. The largest absolute Gasteiger partial charge is 0.497 e. The van der Waals surface area contributed by atoms with Crippen molar-refractivity contribution in [1.29, 1.82) is 5.26 Å². The van der Waals surface area contributed by atoms with Crippen LogP contribution in [-0.2, 0) is 16.0 Å². The summed E-state index contributed by atoms with van der Waals surface area (Å²) in [6, 6.07) is 18.8. The average Bonchev–Trinajstić information content (AvgIpc) is 2.95. The molecule has 0 saturated heterocycles. The topological polar surface area (TPSA) is 150 Å². The highest BCUT2D eigenvalue weighted by Gasteiger charge is 2.21. The number of benzene rings is 3. The third kappa shape index (κ3) is 7.43. The minimum atomic E-state index is -0.965. The Labute approximate surface area is 219 Å². The van der Waals surface area contributed by atoms with Crippen LogP contribution in [0.1, 0.15) is 27.0 Å². The summed E-state index contributed by atoms with van der Waals surface area (Å²) >= 11 is 0. The molecule has 0 radical (unpaired) electrons. The SMILES string of the molecule is COc1ccc(OC)c(/C=C/C(=O)N[C@@H](Cc2ccc(C#N)cc2)C(=O)Nc2ccc(C(=O)NO)cc2)c1. The molecule has 3 aromatic rings. The molecule has 0 unspecified atom stereocenters. The van der Waals surface area contributed by atoms with E-state index >= 15 is 0 Å². The number of carbonyl (C=O) groups excluding carboxylic acids is 3. The van der Waals surface area contributed by atoms with Crippen molar-refractivity contribution < 1.29 is 29.1 Å². The second-order valence-electron chi connectivity index (χ2n) is 8.02. The zero-order valence-corrected chi connectivity index (χ0v) is 20.7. The Kier molecular flexibility index (Phi) is 9.57. The molecule has 0 spiro atoms. The standard InChI is InChI=1S/C28H26N4O6/c1-37-23-12-13-25(38-2)21(16-23)9-14-26(33)31-24(15-18-3-5-19(17-29)6-4-18)28(35)30-22-10-7-20(8-11-22)27(34)32-36/h3-14,16,24,36H,15H2,1-2H3,(H,30,35)(H,31,33)(H,32,34)/b14-9+/t24-/m0/s1. The summed E-state index contributed by atoms with van der Waals surface area (Å²) in [6.07, 6.45) is 3.00. The summed E-state index contributed by atoms with van der Waals surface area (Å²) in [6.45, 7) is 0. The predicted octanol–water partition coefficient (Wildman–Crippen LogP) is 3.07. The number of hydrogen-bond acceptors (Lipinski definition) is 7. The summed E-state index contributed by atoms with van der Waals surface area (Å²) in [5, 5.41) is 23.2. The fraction of sp³-hybridized carbons (Fsp3) is 0.143. The van der Waals surface area contributed by atoms with Gasteiger partial charge in [-0.25, -0.2) is 5.48 Å². The van der Waals surface area contributed by atoms with Gasteiger partial charge in [0.25, 0.3) is 5.91 Å². The molecule has 0 bridgehead atoms. The summed E-state index contributed by atoms with van der Waals surface area (Å²) in [5.74, 6) is -0.562. The summed E-state index contributed by atoms with van der Waals surface area (Å²) < 4.78 is 10.6. The van der Waals surface area contributed by atoms with E-state index in [1.165, 1.54) is 50.0 Å². The van der Waals surface area contributed by atoms with Crippen LogP contribution in [0.2, 0.25) is 0 Å². The van der Waals surface area contributed by atoms with Gasteiger partial charge in [-0.05, 0) is 66.2 Å². The number of hydroxylamine groups is 1. The molecule has 10 heteroatoms. The fourth-order valence-electron chi connectivity index (χ4n) is 3.51. The van der Waals surface area contributed by atoms with Gasteiger partial charge in [0.15, 0.2) is 0 Å². The van der Waals surface area contributed by atoms with Gasteiger partial charge >= 0.3 is 0 Å². The number of nitrogens with zero attached hydrogens (tertiary/aromatic N) is 1. The molecule has 0 saturated carbocycles. The molecule has 0 aliphatic rings. The van der Waals surface area contributed by atoms with Crippen molar-refractivity contribution in [2.24, 2.45) is 0 Å². The van der Waals surface area contributed by atoms with Gasteiger partial charge in [0.05, 0.1) is 25.9 Å². The first-order chi connectivity index (χ1) is 18.4. The molecule has 194 valence electrons. The van der Waals surface area contributed by atoms with Crippen LogP contribution in [0, 0.1) is 11.3 Å². The molecule has 0 aromatic heterocycles. The van der Waals surface area contributed by atoms with Crippen LogP contribution in [0.25, 0.3) is 6.08 Å². The van der Waals surface area contributed by atoms with Crippen molar-refractivity contribution in [2.75, 3.05) is 19.5 Å². The molecule has 0 fully saturated rings. The van der Waals surface area contributed by atoms with Crippen molar-refractivity contribution in [2.45, 2.75) is 12.5 Å². The minimum absolute atomic E-state index is 0.157. The van der Waals surface area contributed by atoms with E-state index in [0.29, 0.717) is 28.3 Å². The van der Waals surface area contributed by atoms with Gasteiger partial charge in [-0.3, -0.25) is 19.6 Å². The van der Waals surface area contributed by atoms with Gasteiger partial charge in [0.2, 0.25) is 11.8 Å². The van der Waals surface area contributed by atoms with Crippen molar-refractivity contribution in [1.82, 2.24) is 10.8 Å². The van der Waals surface area contributed by atoms with Crippen LogP contribution in [0.15, 0.2) is 72.8 Å². The Morgan fingerprint density at radius 2 is 1.71 bits per heavy atom. The minimum Gasteiger partial charge on any atom is -0.497 e. The van der Waals surface area contributed by atoms with Gasteiger partial charge < -0.3 is 20.1 Å². The van der Waals surface area contributed by atoms with E-state index in [1.54, 1.807) is 48.5 Å². The van der Waals surface area contributed by atoms with Crippen LogP contribution < -0.4 is 25.6 Å². The average molecular weight is 515 g/mol. The highest BCUT2D eigenvalue weighted by Crippen LogP contribution is 2.25. The van der Waals surface area contributed by atoms with E-state index in [2.05, 4.69) is 10.6 Å². The van der Waals surface area contributed by atoms with Gasteiger partial charge in [0, 0.05) is 29.3 Å². The normalized spacial score (nSPS) is 11.2. The maximum Gasteiger partial charge on any atom is 0.274 e. The third-order valence-electron chi connectivity index (χ3n) is 5.52. The molecular formula is C28H26N4O6. The molecule has 1 atom stereocenters. The second kappa shape index (κ2) is 13.2. The lowest BCUT2D eigenvalue weighted by Crippen LogP contribution is -2.44. The lowest BCUT2D eigenvalue weighted by Gasteiger charge is -2.18. The quantitative estimate of drug-likeness (QED) is 0.184. The van der Waals surface area contributed by atoms with E-state index in [1.807, 2.05) is 6.07 Å². The first-order valence-corrected chi connectivity index (χ1v) is 11.4. The second-order valence-corrected chi connectivity index (χ2v) is 8.02. The van der Waals surface area contributed by atoms with E-state index in [-0.39, 0.29) is 12.0 Å². The number of nitrogens with one attached hydrogen (secondary N) is 3. The van der Waals surface area contributed by atoms with Crippen LogP contribution in [0.4, 0.5) is 5.69 Å². The Balaban J connectivity index is 1.79. The fourth-order valence-corrected chi connectivity index (χ4v) is 3.51. The van der Waals surface area contributed by atoms with Crippen molar-refractivity contribution >= 4 is 29.5 Å². The van der Waals surface area contributed by atoms with E-state index in [0.717, 1.165) is 5.56 Å². The molecule has 0 aliphatic carbocycles. The zero-order chi connectivity index (χ0) is 27.5. The molecule has 3 amide bonds. The third-order valence-corrected chi connectivity index (χ3v) is 5.52. The van der Waals surface area contributed by atoms with E-state index < -0.39 is 23.8 Å². The first-order valence-electron chi connectivity index (χ1n) is 11.4. The molecule has 3 rings (SSSR count). The lowest BCUT2D eigenvalue weighted by atomic mass is 10.0. The molecule has 38 heavy (non-hydrogen) atoms. The van der Waals surface area contributed by atoms with Gasteiger partial charge in [-0.2, -0.15) is 5.26 Å². The van der Waals surface area contributed by atoms with Crippen molar-refractivity contribution in [3.63, 3.8) is 0 Å². The summed E-state index contributed by atoms with van der Waals surface area (Å²) in [5.41, 5.74) is 3.95. The Hall–Kier alpha value is -5.14. The number of ether oxygens (including phenoxy) is 2. The number of nitriles is 1. The molecule has 0 aliphatic heterocycles. The number of methoxy groups -OCH3 is 2. The predicted molar refractivity (Wildman–Crippen MR) is 140 cm³/mol. The van der Waals surface area contributed by atoms with Crippen molar-refractivity contribution in [3.8, 4) is 17.6 Å². The molecule has 0 heterocycles. The number of carbonyl (C=O) groups is 3. The highest BCUT2D eigenvalue weighted by atomic mass is 16.5. The monoisotopic (exact) mass is 514 g/mol. The first kappa shape index (κ1) is 27.4. The maximum absolute atomic E-state index is 13.2. The summed E-state index contributed by atoms with van der Waals surface area (Å²) in [4.78, 5) is 37.5. The van der Waals surface area contributed by atoms with Gasteiger partial charge in [0.1, 0.15) is 17.5 Å². The van der Waals surface area contributed by atoms with E-state index in [4.69, 9.17) is 19.9 Å². The van der Waals surface area contributed by atoms with Gasteiger partial charge in [-0.15, -0.1) is 0 Å². The Morgan fingerprint density at radius 1 is 1.00 bits per heavy atom. The number of rotatable bonds is 10. The van der Waals surface area contributed by atoms with Crippen LogP contribution >= 0.6 is 0 Å². The van der Waals surface area contributed by atoms with Crippen LogP contribution in [0.3, 0.4) is 0 Å². The molecule has 3 aromatic carbocycles. The smallest absolute Gasteiger partial charge is 0.274 e. The number of amides is 3. The number of anilines is 1. The van der Waals surface area contributed by atoms with Crippen molar-refractivity contribution in [3.05, 3.63) is 95.1 Å². The van der Waals surface area contributed by atoms with Crippen LogP contribution in [-0.4, -0.2) is 43.2 Å². The highest BCUT2D eigenvalue weighted by molar-refractivity contribution is 6.01. The zero-order valence-electron chi connectivity index (χ0n) is 20.7. The Morgan fingerprint density at radius 3 is 2.32 bits per heavy atom. The van der Waals surface area contributed by atoms with Crippen LogP contribution in [0.5, 0.6) is 11.5 Å². The molecular weight excluding hydrogens is 488 g/mol. The molecule has 10 nitrogen and oxygen atoms in total. The summed E-state index contributed by atoms with van der Waals surface area (Å²) in [7, 11) is 3.04. The lowest BCUT2D eigenvalue weighted by molar-refractivity contribution is -0.123.